The number of anilines is 2. The van der Waals surface area contributed by atoms with Gasteiger partial charge in [0, 0.05) is 49.3 Å². The van der Waals surface area contributed by atoms with Gasteiger partial charge in [0.05, 0.1) is 0 Å². The van der Waals surface area contributed by atoms with Crippen molar-refractivity contribution in [3.05, 3.63) is 49.1 Å². The highest BCUT2D eigenvalue weighted by Crippen LogP contribution is 2.04. The van der Waals surface area contributed by atoms with Crippen LogP contribution in [0.15, 0.2) is 49.1 Å². The van der Waals surface area contributed by atoms with Crippen molar-refractivity contribution in [3.63, 3.8) is 0 Å². The number of nitrogens with zero attached hydrogens (tertiary/aromatic N) is 2. The number of carbonyl (C=O) groups is 2. The van der Waals surface area contributed by atoms with Gasteiger partial charge in [-0.25, -0.2) is 9.59 Å². The zero-order chi connectivity index (χ0) is 18.5. The second-order valence-corrected chi connectivity index (χ2v) is 5.65. The summed E-state index contributed by atoms with van der Waals surface area (Å²) >= 11 is 0. The van der Waals surface area contributed by atoms with Gasteiger partial charge >= 0.3 is 12.1 Å². The van der Waals surface area contributed by atoms with Gasteiger partial charge in [-0.1, -0.05) is 12.8 Å². The van der Waals surface area contributed by atoms with Crippen LogP contribution in [-0.4, -0.2) is 35.1 Å². The van der Waals surface area contributed by atoms with Crippen LogP contribution in [0.3, 0.4) is 0 Å². The van der Waals surface area contributed by atoms with Crippen LogP contribution in [0.1, 0.15) is 25.7 Å². The summed E-state index contributed by atoms with van der Waals surface area (Å²) in [7, 11) is 0. The third-order valence-electron chi connectivity index (χ3n) is 3.55. The van der Waals surface area contributed by atoms with Gasteiger partial charge < -0.3 is 21.3 Å². The maximum atomic E-state index is 11.7. The van der Waals surface area contributed by atoms with E-state index in [1.165, 1.54) is 0 Å². The zero-order valence-corrected chi connectivity index (χ0v) is 14.6. The molecule has 0 radical (unpaired) electrons. The van der Waals surface area contributed by atoms with Crippen LogP contribution < -0.4 is 21.3 Å². The number of hydrogen-bond acceptors (Lipinski definition) is 4. The highest BCUT2D eigenvalue weighted by molar-refractivity contribution is 5.89. The third kappa shape index (κ3) is 8.09. The second kappa shape index (κ2) is 11.4. The molecule has 2 heterocycles. The molecule has 4 amide bonds. The highest BCUT2D eigenvalue weighted by atomic mass is 16.2. The molecule has 0 saturated heterocycles. The quantitative estimate of drug-likeness (QED) is 0.518. The number of nitrogens with one attached hydrogen (secondary N) is 4. The molecule has 0 atom stereocenters. The number of aromatic nitrogens is 2. The van der Waals surface area contributed by atoms with Crippen molar-refractivity contribution < 1.29 is 9.59 Å². The van der Waals surface area contributed by atoms with Crippen molar-refractivity contribution in [2.75, 3.05) is 23.7 Å². The first kappa shape index (κ1) is 19.2. The van der Waals surface area contributed by atoms with E-state index < -0.39 is 0 Å². The van der Waals surface area contributed by atoms with E-state index in [1.54, 1.807) is 49.1 Å². The summed E-state index contributed by atoms with van der Waals surface area (Å²) in [5.74, 6) is 0. The largest absolute Gasteiger partial charge is 0.338 e. The van der Waals surface area contributed by atoms with E-state index >= 15 is 0 Å². The Morgan fingerprint density at radius 1 is 0.654 bits per heavy atom. The summed E-state index contributed by atoms with van der Waals surface area (Å²) in [6.45, 7) is 1.24. The molecule has 26 heavy (non-hydrogen) atoms. The summed E-state index contributed by atoms with van der Waals surface area (Å²) in [6, 6.07) is 6.50. The molecule has 0 aliphatic rings. The van der Waals surface area contributed by atoms with Gasteiger partial charge in [-0.05, 0) is 37.1 Å². The molecule has 0 aromatic carbocycles. The van der Waals surface area contributed by atoms with E-state index in [0.29, 0.717) is 24.5 Å². The minimum Gasteiger partial charge on any atom is -0.338 e. The fraction of sp³-hybridized carbons (Fsp3) is 0.333. The summed E-state index contributed by atoms with van der Waals surface area (Å²) in [6.07, 6.45) is 10.3. The van der Waals surface area contributed by atoms with Crippen molar-refractivity contribution >= 4 is 23.4 Å². The van der Waals surface area contributed by atoms with Gasteiger partial charge in [-0.2, -0.15) is 0 Å². The summed E-state index contributed by atoms with van der Waals surface area (Å²) in [5, 5.41) is 11.1. The molecule has 0 spiro atoms. The van der Waals surface area contributed by atoms with Gasteiger partial charge in [-0.15, -0.1) is 0 Å². The molecule has 138 valence electrons. The van der Waals surface area contributed by atoms with Gasteiger partial charge in [0.1, 0.15) is 0 Å². The smallest absolute Gasteiger partial charge is 0.319 e. The van der Waals surface area contributed by atoms with Crippen LogP contribution in [0, 0.1) is 0 Å². The Kier molecular flexibility index (Phi) is 8.41. The summed E-state index contributed by atoms with van der Waals surface area (Å²) in [4.78, 5) is 31.1. The molecule has 0 saturated carbocycles. The third-order valence-corrected chi connectivity index (χ3v) is 3.55. The lowest BCUT2D eigenvalue weighted by Crippen LogP contribution is -2.30. The number of rotatable bonds is 9. The molecule has 0 aliphatic heterocycles. The number of hydrogen-bond donors (Lipinski definition) is 4. The molecule has 8 nitrogen and oxygen atoms in total. The fourth-order valence-corrected chi connectivity index (χ4v) is 2.23. The summed E-state index contributed by atoms with van der Waals surface area (Å²) < 4.78 is 0. The van der Waals surface area contributed by atoms with Gasteiger partial charge in [-0.3, -0.25) is 9.97 Å². The first-order valence-electron chi connectivity index (χ1n) is 8.64. The van der Waals surface area contributed by atoms with E-state index in [9.17, 15) is 9.59 Å². The van der Waals surface area contributed by atoms with Crippen LogP contribution in [0.4, 0.5) is 21.0 Å². The van der Waals surface area contributed by atoms with Crippen molar-refractivity contribution in [2.24, 2.45) is 0 Å². The van der Waals surface area contributed by atoms with Crippen LogP contribution in [-0.2, 0) is 0 Å². The molecule has 0 aliphatic carbocycles. The van der Waals surface area contributed by atoms with Crippen molar-refractivity contribution in [3.8, 4) is 0 Å². The molecule has 0 bridgehead atoms. The predicted molar refractivity (Wildman–Crippen MR) is 101 cm³/mol. The molecule has 8 heteroatoms. The fourth-order valence-electron chi connectivity index (χ4n) is 2.23. The van der Waals surface area contributed by atoms with Gasteiger partial charge in [0.2, 0.25) is 0 Å². The Balaban J connectivity index is 1.43. The maximum absolute atomic E-state index is 11.7. The average molecular weight is 356 g/mol. The molecule has 0 fully saturated rings. The second-order valence-electron chi connectivity index (χ2n) is 5.65. The van der Waals surface area contributed by atoms with Gasteiger partial charge in [0.25, 0.3) is 0 Å². The number of carbonyl (C=O) groups excluding carboxylic acids is 2. The molecule has 4 N–H and O–H groups in total. The maximum Gasteiger partial charge on any atom is 0.319 e. The normalized spacial score (nSPS) is 10.0. The van der Waals surface area contributed by atoms with Crippen LogP contribution >= 0.6 is 0 Å². The Hall–Kier alpha value is -3.16. The molecule has 2 rings (SSSR count). The Labute approximate surface area is 152 Å². The van der Waals surface area contributed by atoms with Crippen LogP contribution in [0.5, 0.6) is 0 Å². The van der Waals surface area contributed by atoms with Gasteiger partial charge in [0.15, 0.2) is 0 Å². The highest BCUT2D eigenvalue weighted by Gasteiger charge is 2.01. The SMILES string of the molecule is O=C(NCCCCCCNC(=O)Nc1ccncc1)Nc1ccncc1. The lowest BCUT2D eigenvalue weighted by molar-refractivity contribution is 0.250. The first-order valence-corrected chi connectivity index (χ1v) is 8.64. The number of unbranched alkanes of at least 4 members (excludes halogenated alkanes) is 3. The lowest BCUT2D eigenvalue weighted by Gasteiger charge is -2.08. The monoisotopic (exact) mass is 356 g/mol. The number of urea groups is 2. The average Bonchev–Trinajstić information content (AvgIpc) is 2.65. The van der Waals surface area contributed by atoms with Crippen LogP contribution in [0.25, 0.3) is 0 Å². The minimum absolute atomic E-state index is 0.217. The van der Waals surface area contributed by atoms with Crippen molar-refractivity contribution in [2.45, 2.75) is 25.7 Å². The number of pyridine rings is 2. The Morgan fingerprint density at radius 2 is 1.04 bits per heavy atom. The Bertz CT molecular complexity index is 606. The minimum atomic E-state index is -0.217. The predicted octanol–water partition coefficient (Wildman–Crippen LogP) is 2.98. The van der Waals surface area contributed by atoms with Crippen molar-refractivity contribution in [1.82, 2.24) is 20.6 Å². The molecule has 2 aromatic heterocycles. The van der Waals surface area contributed by atoms with E-state index in [4.69, 9.17) is 0 Å². The van der Waals surface area contributed by atoms with E-state index in [2.05, 4.69) is 31.2 Å². The zero-order valence-electron chi connectivity index (χ0n) is 14.6. The van der Waals surface area contributed by atoms with Crippen molar-refractivity contribution in [1.29, 1.82) is 0 Å². The van der Waals surface area contributed by atoms with E-state index in [-0.39, 0.29) is 12.1 Å². The molecular weight excluding hydrogens is 332 g/mol. The first-order chi connectivity index (χ1) is 12.7. The molecule has 0 unspecified atom stereocenters. The molecular formula is C18H24N6O2. The summed E-state index contributed by atoms with van der Waals surface area (Å²) in [5.41, 5.74) is 1.43. The topological polar surface area (TPSA) is 108 Å². The number of amides is 4. The Morgan fingerprint density at radius 3 is 1.42 bits per heavy atom. The van der Waals surface area contributed by atoms with E-state index in [0.717, 1.165) is 25.7 Å². The van der Waals surface area contributed by atoms with Crippen LogP contribution in [0.2, 0.25) is 0 Å². The molecule has 2 aromatic rings. The van der Waals surface area contributed by atoms with E-state index in [1.807, 2.05) is 0 Å². The lowest BCUT2D eigenvalue weighted by atomic mass is 10.2. The standard InChI is InChI=1S/C18H24N6O2/c25-17(23-15-5-11-19-12-6-15)21-9-3-1-2-4-10-22-18(26)24-16-7-13-20-14-8-16/h5-8,11-14H,1-4,9-10H2,(H2,19,21,23,25)(H2,20,22,24,26).